The third-order valence-electron chi connectivity index (χ3n) is 7.54. The second-order valence-electron chi connectivity index (χ2n) is 10.3. The maximum atomic E-state index is 12.8. The summed E-state index contributed by atoms with van der Waals surface area (Å²) in [5, 5.41) is 11.4. The van der Waals surface area contributed by atoms with Gasteiger partial charge >= 0.3 is 0 Å². The van der Waals surface area contributed by atoms with Crippen LogP contribution in [0.4, 0.5) is 5.69 Å². The highest BCUT2D eigenvalue weighted by Crippen LogP contribution is 2.28. The van der Waals surface area contributed by atoms with Crippen LogP contribution < -0.4 is 11.2 Å². The number of nitrogens with one attached hydrogen (secondary N) is 1. The summed E-state index contributed by atoms with van der Waals surface area (Å²) in [6, 6.07) is 14.6. The van der Waals surface area contributed by atoms with E-state index in [9.17, 15) is 14.7 Å². The molecule has 2 aromatic carbocycles. The first-order valence-electron chi connectivity index (χ1n) is 13.8. The van der Waals surface area contributed by atoms with Gasteiger partial charge < -0.3 is 20.6 Å². The molecule has 2 fully saturated rings. The Hall–Kier alpha value is -4.37. The molecule has 2 aromatic rings. The molecule has 3 aliphatic heterocycles. The number of benzene rings is 2. The van der Waals surface area contributed by atoms with E-state index in [-0.39, 0.29) is 23.9 Å². The maximum absolute atomic E-state index is 12.8. The van der Waals surface area contributed by atoms with Crippen LogP contribution in [0.25, 0.3) is 5.57 Å². The zero-order valence-electron chi connectivity index (χ0n) is 22.6. The van der Waals surface area contributed by atoms with E-state index in [4.69, 9.17) is 5.73 Å². The predicted molar refractivity (Wildman–Crippen MR) is 156 cm³/mol. The first kappa shape index (κ1) is 27.2. The summed E-state index contributed by atoms with van der Waals surface area (Å²) in [6.07, 6.45) is 9.86. The second-order valence-corrected chi connectivity index (χ2v) is 10.3. The summed E-state index contributed by atoms with van der Waals surface area (Å²) < 4.78 is 0. The van der Waals surface area contributed by atoms with Gasteiger partial charge in [0.15, 0.2) is 0 Å². The number of hydrazine groups is 1. The fourth-order valence-corrected chi connectivity index (χ4v) is 5.20. The molecule has 0 spiro atoms. The molecule has 0 saturated carbocycles. The highest BCUT2D eigenvalue weighted by atomic mass is 16.3. The summed E-state index contributed by atoms with van der Waals surface area (Å²) in [7, 11) is 0. The standard InChI is InChI=1S/C31H36N6O3/c1-22-28(23-7-9-24(10-8-23)29(39)35-17-3-2-4-18-35)6-5-19-37(22)34-31(32)33-26-13-11-25(12-14-26)30(40)36-20-15-27(38)16-21-36/h5-14,19,27,38H,1-4,15-18,20-21H2,(H3,32,33,34). The molecule has 0 aliphatic carbocycles. The van der Waals surface area contributed by atoms with Gasteiger partial charge in [0.05, 0.1) is 17.5 Å². The topological polar surface area (TPSA) is 114 Å². The average Bonchev–Trinajstić information content (AvgIpc) is 2.99. The smallest absolute Gasteiger partial charge is 0.253 e. The molecular formula is C31H36N6O3. The molecule has 208 valence electrons. The number of nitrogens with two attached hydrogens (primary N) is 1. The van der Waals surface area contributed by atoms with Gasteiger partial charge in [-0.25, -0.2) is 4.99 Å². The molecule has 0 atom stereocenters. The number of carbonyl (C=O) groups is 2. The highest BCUT2D eigenvalue weighted by molar-refractivity contribution is 5.95. The summed E-state index contributed by atoms with van der Waals surface area (Å²) in [5.41, 5.74) is 13.6. The maximum Gasteiger partial charge on any atom is 0.253 e. The number of aliphatic hydroxyl groups is 1. The van der Waals surface area contributed by atoms with E-state index in [2.05, 4.69) is 17.0 Å². The summed E-state index contributed by atoms with van der Waals surface area (Å²) >= 11 is 0. The van der Waals surface area contributed by atoms with E-state index in [1.54, 1.807) is 40.4 Å². The van der Waals surface area contributed by atoms with Crippen molar-refractivity contribution in [3.8, 4) is 0 Å². The lowest BCUT2D eigenvalue weighted by atomic mass is 9.99. The Morgan fingerprint density at radius 3 is 2.08 bits per heavy atom. The fraction of sp³-hybridized carbons (Fsp3) is 0.323. The SMILES string of the molecule is C=C1C(c2ccc(C(=O)N3CCCCC3)cc2)=CC=CN1NC(N)=Nc1ccc(C(=O)N2CCC(O)CC2)cc1. The molecule has 3 heterocycles. The summed E-state index contributed by atoms with van der Waals surface area (Å²) in [5.74, 6) is 0.198. The third-order valence-corrected chi connectivity index (χ3v) is 7.54. The average molecular weight is 541 g/mol. The van der Waals surface area contributed by atoms with E-state index in [1.807, 2.05) is 41.3 Å². The Kier molecular flexibility index (Phi) is 8.31. The van der Waals surface area contributed by atoms with Crippen LogP contribution >= 0.6 is 0 Å². The largest absolute Gasteiger partial charge is 0.393 e. The molecule has 5 rings (SSSR count). The first-order chi connectivity index (χ1) is 19.4. The number of amides is 2. The third kappa shape index (κ3) is 6.26. The van der Waals surface area contributed by atoms with Crippen molar-refractivity contribution in [1.82, 2.24) is 20.2 Å². The van der Waals surface area contributed by atoms with Gasteiger partial charge in [-0.2, -0.15) is 0 Å². The number of hydrogen-bond acceptors (Lipinski definition) is 5. The number of guanidine groups is 1. The van der Waals surface area contributed by atoms with Crippen molar-refractivity contribution in [3.05, 3.63) is 95.8 Å². The molecule has 2 amide bonds. The molecule has 0 unspecified atom stereocenters. The van der Waals surface area contributed by atoms with Crippen LogP contribution in [-0.4, -0.2) is 70.0 Å². The van der Waals surface area contributed by atoms with Crippen LogP contribution in [0.2, 0.25) is 0 Å². The van der Waals surface area contributed by atoms with Gasteiger partial charge in [-0.05, 0) is 80.1 Å². The van der Waals surface area contributed by atoms with Crippen LogP contribution in [0.5, 0.6) is 0 Å². The van der Waals surface area contributed by atoms with Gasteiger partial charge in [-0.15, -0.1) is 0 Å². The van der Waals surface area contributed by atoms with Gasteiger partial charge in [0, 0.05) is 49.1 Å². The van der Waals surface area contributed by atoms with Crippen LogP contribution in [-0.2, 0) is 0 Å². The first-order valence-corrected chi connectivity index (χ1v) is 13.8. The number of nitrogens with zero attached hydrogens (tertiary/aromatic N) is 4. The number of rotatable bonds is 5. The monoisotopic (exact) mass is 540 g/mol. The van der Waals surface area contributed by atoms with E-state index in [1.165, 1.54) is 6.42 Å². The Bertz CT molecular complexity index is 1330. The molecular weight excluding hydrogens is 504 g/mol. The highest BCUT2D eigenvalue weighted by Gasteiger charge is 2.23. The second kappa shape index (κ2) is 12.2. The lowest BCUT2D eigenvalue weighted by molar-refractivity contribution is 0.0546. The van der Waals surface area contributed by atoms with E-state index >= 15 is 0 Å². The molecule has 40 heavy (non-hydrogen) atoms. The Morgan fingerprint density at radius 2 is 1.45 bits per heavy atom. The van der Waals surface area contributed by atoms with Gasteiger partial charge in [0.1, 0.15) is 0 Å². The molecule has 0 bridgehead atoms. The normalized spacial score (nSPS) is 18.5. The predicted octanol–water partition coefficient (Wildman–Crippen LogP) is 3.79. The molecule has 9 nitrogen and oxygen atoms in total. The minimum absolute atomic E-state index is 0.0495. The van der Waals surface area contributed by atoms with Crippen molar-refractivity contribution in [1.29, 1.82) is 0 Å². The zero-order valence-corrected chi connectivity index (χ0v) is 22.6. The van der Waals surface area contributed by atoms with Crippen molar-refractivity contribution in [2.24, 2.45) is 10.7 Å². The molecule has 0 radical (unpaired) electrons. The van der Waals surface area contributed by atoms with Gasteiger partial charge in [0.25, 0.3) is 11.8 Å². The van der Waals surface area contributed by atoms with Gasteiger partial charge in [-0.1, -0.05) is 24.8 Å². The number of hydrogen-bond donors (Lipinski definition) is 3. The van der Waals surface area contributed by atoms with Crippen LogP contribution in [0.1, 0.15) is 58.4 Å². The van der Waals surface area contributed by atoms with Crippen molar-refractivity contribution in [3.63, 3.8) is 0 Å². The number of aliphatic hydroxyl groups excluding tert-OH is 1. The van der Waals surface area contributed by atoms with Crippen LogP contribution in [0.15, 0.2) is 84.2 Å². The lowest BCUT2D eigenvalue weighted by Gasteiger charge is -2.29. The molecule has 4 N–H and O–H groups in total. The van der Waals surface area contributed by atoms with Gasteiger partial charge in [0.2, 0.25) is 5.96 Å². The summed E-state index contributed by atoms with van der Waals surface area (Å²) in [6.45, 7) is 6.98. The van der Waals surface area contributed by atoms with Crippen molar-refractivity contribution in [2.75, 3.05) is 26.2 Å². The number of allylic oxidation sites excluding steroid dienone is 3. The lowest BCUT2D eigenvalue weighted by Crippen LogP contribution is -2.42. The fourth-order valence-electron chi connectivity index (χ4n) is 5.20. The molecule has 3 aliphatic rings. The minimum Gasteiger partial charge on any atom is -0.393 e. The van der Waals surface area contributed by atoms with Crippen LogP contribution in [0.3, 0.4) is 0 Å². The van der Waals surface area contributed by atoms with Crippen molar-refractivity contribution >= 4 is 29.0 Å². The Morgan fingerprint density at radius 1 is 0.875 bits per heavy atom. The number of carbonyl (C=O) groups excluding carboxylic acids is 2. The van der Waals surface area contributed by atoms with Crippen molar-refractivity contribution < 1.29 is 14.7 Å². The Balaban J connectivity index is 1.19. The zero-order chi connectivity index (χ0) is 28.1. The molecule has 0 aromatic heterocycles. The molecule has 9 heteroatoms. The number of aliphatic imine (C=N–C) groups is 1. The summed E-state index contributed by atoms with van der Waals surface area (Å²) in [4.78, 5) is 33.7. The van der Waals surface area contributed by atoms with Crippen molar-refractivity contribution in [2.45, 2.75) is 38.2 Å². The van der Waals surface area contributed by atoms with Crippen LogP contribution in [0, 0.1) is 0 Å². The van der Waals surface area contributed by atoms with E-state index in [0.29, 0.717) is 48.4 Å². The van der Waals surface area contributed by atoms with E-state index in [0.717, 1.165) is 37.1 Å². The Labute approximate surface area is 234 Å². The number of piperidine rings is 2. The van der Waals surface area contributed by atoms with Gasteiger partial charge in [-0.3, -0.25) is 20.0 Å². The number of likely N-dealkylation sites (tertiary alicyclic amines) is 2. The van der Waals surface area contributed by atoms with E-state index < -0.39 is 0 Å². The minimum atomic E-state index is -0.325. The molecule has 2 saturated heterocycles. The quantitative estimate of drug-likeness (QED) is 0.393.